The SMILES string of the molecule is CCN(CC)C(=O)c1cnc2nc(C)ccc2c1Nc1ccc(Br)c(C)c1. The van der Waals surface area contributed by atoms with E-state index in [9.17, 15) is 4.79 Å². The first kappa shape index (κ1) is 19.3. The van der Waals surface area contributed by atoms with Gasteiger partial charge in [-0.3, -0.25) is 4.79 Å². The zero-order valence-corrected chi connectivity index (χ0v) is 17.6. The summed E-state index contributed by atoms with van der Waals surface area (Å²) in [5.41, 5.74) is 4.84. The van der Waals surface area contributed by atoms with Crippen LogP contribution in [-0.4, -0.2) is 33.9 Å². The standard InChI is InChI=1S/C21H23BrN4O/c1-5-26(6-2)21(27)17-12-23-20-16(9-7-14(4)24-20)19(17)25-15-8-10-18(22)13(3)11-15/h7-12H,5-6H2,1-4H3,(H,23,24,25). The van der Waals surface area contributed by atoms with Crippen molar-refractivity contribution in [3.63, 3.8) is 0 Å². The molecule has 0 aliphatic carbocycles. The summed E-state index contributed by atoms with van der Waals surface area (Å²) in [5.74, 6) is -0.0358. The highest BCUT2D eigenvalue weighted by atomic mass is 79.9. The summed E-state index contributed by atoms with van der Waals surface area (Å²) in [5, 5.41) is 4.27. The first-order chi connectivity index (χ1) is 12.9. The maximum absolute atomic E-state index is 13.1. The molecule has 1 amide bonds. The van der Waals surface area contributed by atoms with E-state index in [0.717, 1.165) is 32.5 Å². The van der Waals surface area contributed by atoms with E-state index in [2.05, 4.69) is 31.2 Å². The third-order valence-corrected chi connectivity index (χ3v) is 5.47. The van der Waals surface area contributed by atoms with Gasteiger partial charge in [0.1, 0.15) is 0 Å². The Morgan fingerprint density at radius 2 is 1.89 bits per heavy atom. The second kappa shape index (κ2) is 8.05. The second-order valence-corrected chi connectivity index (χ2v) is 7.29. The molecule has 1 N–H and O–H groups in total. The number of nitrogens with zero attached hydrogens (tertiary/aromatic N) is 3. The van der Waals surface area contributed by atoms with Gasteiger partial charge >= 0.3 is 0 Å². The number of anilines is 2. The van der Waals surface area contributed by atoms with Crippen LogP contribution in [0.1, 0.15) is 35.5 Å². The molecule has 0 fully saturated rings. The van der Waals surface area contributed by atoms with Gasteiger partial charge in [-0.1, -0.05) is 15.9 Å². The summed E-state index contributed by atoms with van der Waals surface area (Å²) in [6, 6.07) is 9.93. The topological polar surface area (TPSA) is 58.1 Å². The number of benzene rings is 1. The fraction of sp³-hybridized carbons (Fsp3) is 0.286. The van der Waals surface area contributed by atoms with Gasteiger partial charge < -0.3 is 10.2 Å². The Kier molecular flexibility index (Phi) is 5.75. The van der Waals surface area contributed by atoms with E-state index in [-0.39, 0.29) is 5.91 Å². The summed E-state index contributed by atoms with van der Waals surface area (Å²) in [6.45, 7) is 9.22. The molecule has 0 aliphatic heterocycles. The molecule has 6 heteroatoms. The van der Waals surface area contributed by atoms with E-state index in [1.165, 1.54) is 0 Å². The number of fused-ring (bicyclic) bond motifs is 1. The van der Waals surface area contributed by atoms with Crippen LogP contribution in [0.2, 0.25) is 0 Å². The molecular weight excluding hydrogens is 404 g/mol. The average Bonchev–Trinajstić information content (AvgIpc) is 2.65. The fourth-order valence-electron chi connectivity index (χ4n) is 3.02. The Balaban J connectivity index is 2.17. The molecule has 0 radical (unpaired) electrons. The van der Waals surface area contributed by atoms with Crippen LogP contribution in [0.3, 0.4) is 0 Å². The van der Waals surface area contributed by atoms with Crippen molar-refractivity contribution in [2.75, 3.05) is 18.4 Å². The number of amides is 1. The lowest BCUT2D eigenvalue weighted by Gasteiger charge is -2.21. The zero-order valence-electron chi connectivity index (χ0n) is 16.0. The Morgan fingerprint density at radius 3 is 2.56 bits per heavy atom. The molecular formula is C21H23BrN4O. The molecule has 5 nitrogen and oxygen atoms in total. The summed E-state index contributed by atoms with van der Waals surface area (Å²) in [6.07, 6.45) is 1.63. The van der Waals surface area contributed by atoms with Crippen molar-refractivity contribution in [1.29, 1.82) is 0 Å². The molecule has 140 valence electrons. The molecule has 2 heterocycles. The summed E-state index contributed by atoms with van der Waals surface area (Å²) in [7, 11) is 0. The van der Waals surface area contributed by atoms with E-state index in [0.29, 0.717) is 24.3 Å². The van der Waals surface area contributed by atoms with Gasteiger partial charge in [-0.25, -0.2) is 9.97 Å². The van der Waals surface area contributed by atoms with Gasteiger partial charge in [-0.05, 0) is 63.6 Å². The van der Waals surface area contributed by atoms with Gasteiger partial charge in [-0.15, -0.1) is 0 Å². The minimum Gasteiger partial charge on any atom is -0.354 e. The van der Waals surface area contributed by atoms with Gasteiger partial charge in [0.25, 0.3) is 5.91 Å². The first-order valence-electron chi connectivity index (χ1n) is 9.03. The molecule has 0 aliphatic rings. The molecule has 0 atom stereocenters. The second-order valence-electron chi connectivity index (χ2n) is 6.44. The monoisotopic (exact) mass is 426 g/mol. The number of halogens is 1. The summed E-state index contributed by atoms with van der Waals surface area (Å²) >= 11 is 3.53. The van der Waals surface area contributed by atoms with Gasteiger partial charge in [0, 0.05) is 40.5 Å². The van der Waals surface area contributed by atoms with E-state index >= 15 is 0 Å². The predicted octanol–water partition coefficient (Wildman–Crippen LogP) is 5.23. The molecule has 0 unspecified atom stereocenters. The minimum atomic E-state index is -0.0358. The molecule has 1 aromatic carbocycles. The highest BCUT2D eigenvalue weighted by Gasteiger charge is 2.20. The number of aromatic nitrogens is 2. The maximum atomic E-state index is 13.1. The number of rotatable bonds is 5. The van der Waals surface area contributed by atoms with Crippen LogP contribution in [0.4, 0.5) is 11.4 Å². The van der Waals surface area contributed by atoms with Crippen molar-refractivity contribution < 1.29 is 4.79 Å². The van der Waals surface area contributed by atoms with Crippen molar-refractivity contribution in [3.8, 4) is 0 Å². The average molecular weight is 427 g/mol. The Hall–Kier alpha value is -2.47. The van der Waals surface area contributed by atoms with Gasteiger partial charge in [0.05, 0.1) is 11.3 Å². The van der Waals surface area contributed by atoms with Crippen molar-refractivity contribution in [1.82, 2.24) is 14.9 Å². The number of hydrogen-bond donors (Lipinski definition) is 1. The number of aryl methyl sites for hydroxylation is 2. The molecule has 0 saturated heterocycles. The van der Waals surface area contributed by atoms with Crippen LogP contribution in [0, 0.1) is 13.8 Å². The number of pyridine rings is 2. The molecule has 3 aromatic rings. The quantitative estimate of drug-likeness (QED) is 0.606. The van der Waals surface area contributed by atoms with Crippen molar-refractivity contribution in [2.45, 2.75) is 27.7 Å². The number of hydrogen-bond acceptors (Lipinski definition) is 4. The van der Waals surface area contributed by atoms with E-state index in [4.69, 9.17) is 0 Å². The Bertz CT molecular complexity index is 999. The van der Waals surface area contributed by atoms with Crippen LogP contribution in [-0.2, 0) is 0 Å². The van der Waals surface area contributed by atoms with Crippen molar-refractivity contribution in [2.24, 2.45) is 0 Å². The van der Waals surface area contributed by atoms with Crippen LogP contribution in [0.25, 0.3) is 11.0 Å². The molecule has 3 rings (SSSR count). The smallest absolute Gasteiger partial charge is 0.257 e. The molecule has 0 bridgehead atoms. The summed E-state index contributed by atoms with van der Waals surface area (Å²) < 4.78 is 1.05. The largest absolute Gasteiger partial charge is 0.354 e. The van der Waals surface area contributed by atoms with Crippen LogP contribution < -0.4 is 5.32 Å². The Labute approximate surface area is 168 Å². The first-order valence-corrected chi connectivity index (χ1v) is 9.82. The van der Waals surface area contributed by atoms with Crippen molar-refractivity contribution in [3.05, 3.63) is 57.8 Å². The lowest BCUT2D eigenvalue weighted by Crippen LogP contribution is -2.31. The maximum Gasteiger partial charge on any atom is 0.257 e. The zero-order chi connectivity index (χ0) is 19.6. The number of carbonyl (C=O) groups is 1. The molecule has 27 heavy (non-hydrogen) atoms. The molecule has 2 aromatic heterocycles. The minimum absolute atomic E-state index is 0.0358. The normalized spacial score (nSPS) is 10.9. The third kappa shape index (κ3) is 3.95. The summed E-state index contributed by atoms with van der Waals surface area (Å²) in [4.78, 5) is 23.8. The lowest BCUT2D eigenvalue weighted by atomic mass is 10.1. The van der Waals surface area contributed by atoms with Gasteiger partial charge in [0.2, 0.25) is 0 Å². The van der Waals surface area contributed by atoms with Gasteiger partial charge in [0.15, 0.2) is 5.65 Å². The van der Waals surface area contributed by atoms with Crippen molar-refractivity contribution >= 4 is 44.2 Å². The fourth-order valence-corrected chi connectivity index (χ4v) is 3.26. The highest BCUT2D eigenvalue weighted by molar-refractivity contribution is 9.10. The van der Waals surface area contributed by atoms with Crippen LogP contribution in [0.5, 0.6) is 0 Å². The van der Waals surface area contributed by atoms with E-state index in [1.807, 2.05) is 58.0 Å². The third-order valence-electron chi connectivity index (χ3n) is 4.58. The van der Waals surface area contributed by atoms with Crippen LogP contribution in [0.15, 0.2) is 41.0 Å². The number of nitrogens with one attached hydrogen (secondary N) is 1. The predicted molar refractivity (Wildman–Crippen MR) is 114 cm³/mol. The van der Waals surface area contributed by atoms with E-state index in [1.54, 1.807) is 11.1 Å². The number of carbonyl (C=O) groups excluding carboxylic acids is 1. The lowest BCUT2D eigenvalue weighted by molar-refractivity contribution is 0.0774. The van der Waals surface area contributed by atoms with E-state index < -0.39 is 0 Å². The highest BCUT2D eigenvalue weighted by Crippen LogP contribution is 2.31. The van der Waals surface area contributed by atoms with Crippen LogP contribution >= 0.6 is 15.9 Å². The molecule has 0 saturated carbocycles. The Morgan fingerprint density at radius 1 is 1.15 bits per heavy atom. The van der Waals surface area contributed by atoms with Gasteiger partial charge in [-0.2, -0.15) is 0 Å². The molecule has 0 spiro atoms.